The van der Waals surface area contributed by atoms with E-state index in [9.17, 15) is 13.2 Å². The molecule has 10 heteroatoms. The van der Waals surface area contributed by atoms with Crippen molar-refractivity contribution < 1.29 is 22.6 Å². The smallest absolute Gasteiger partial charge is 0.422 e. The summed E-state index contributed by atoms with van der Waals surface area (Å²) in [6.07, 6.45) is -3.85. The first-order valence-electron chi connectivity index (χ1n) is 11.6. The summed E-state index contributed by atoms with van der Waals surface area (Å²) in [7, 11) is 0. The topological polar surface area (TPSA) is 85.8 Å². The summed E-state index contributed by atoms with van der Waals surface area (Å²) >= 11 is 0. The number of H-pyrrole nitrogens is 1. The summed E-state index contributed by atoms with van der Waals surface area (Å²) < 4.78 is 49.3. The van der Waals surface area contributed by atoms with Crippen LogP contribution in [-0.4, -0.2) is 38.4 Å². The van der Waals surface area contributed by atoms with Gasteiger partial charge in [-0.1, -0.05) is 61.5 Å². The Balaban J connectivity index is 1.38. The first kappa shape index (κ1) is 24.2. The van der Waals surface area contributed by atoms with Crippen molar-refractivity contribution in [1.82, 2.24) is 25.6 Å². The Morgan fingerprint density at radius 3 is 2.35 bits per heavy atom. The number of alkyl halides is 3. The van der Waals surface area contributed by atoms with Gasteiger partial charge in [0.15, 0.2) is 6.61 Å². The third kappa shape index (κ3) is 5.53. The minimum Gasteiger partial charge on any atom is -0.488 e. The highest BCUT2D eigenvalue weighted by molar-refractivity contribution is 5.90. The van der Waals surface area contributed by atoms with Crippen LogP contribution in [0.25, 0.3) is 33.4 Å². The molecule has 0 unspecified atom stereocenters. The molecule has 2 aromatic heterocycles. The quantitative estimate of drug-likeness (QED) is 0.272. The predicted molar refractivity (Wildman–Crippen MR) is 132 cm³/mol. The lowest BCUT2D eigenvalue weighted by atomic mass is 9.98. The lowest BCUT2D eigenvalue weighted by Crippen LogP contribution is -2.19. The van der Waals surface area contributed by atoms with E-state index in [1.807, 2.05) is 61.5 Å². The van der Waals surface area contributed by atoms with Crippen molar-refractivity contribution >= 4 is 10.9 Å². The molecule has 0 amide bonds. The highest BCUT2D eigenvalue weighted by atomic mass is 19.4. The molecule has 5 rings (SSSR count). The summed E-state index contributed by atoms with van der Waals surface area (Å²) in [5.41, 5.74) is 4.77. The Kier molecular flexibility index (Phi) is 6.72. The van der Waals surface area contributed by atoms with Crippen LogP contribution < -0.4 is 9.47 Å². The maximum absolute atomic E-state index is 12.7. The molecule has 0 saturated heterocycles. The van der Waals surface area contributed by atoms with Gasteiger partial charge in [0.25, 0.3) is 0 Å². The normalized spacial score (nSPS) is 11.6. The maximum atomic E-state index is 12.7. The molecule has 0 bridgehead atoms. The number of fused-ring (bicyclic) bond motifs is 1. The molecule has 2 heterocycles. The minimum atomic E-state index is -4.44. The number of pyridine rings is 1. The van der Waals surface area contributed by atoms with E-state index < -0.39 is 12.8 Å². The lowest BCUT2D eigenvalue weighted by molar-refractivity contribution is -0.153. The summed E-state index contributed by atoms with van der Waals surface area (Å²) in [5, 5.41) is 14.9. The number of aromatic nitrogens is 5. The number of rotatable bonds is 8. The first-order chi connectivity index (χ1) is 17.9. The van der Waals surface area contributed by atoms with Gasteiger partial charge in [0.1, 0.15) is 23.6 Å². The van der Waals surface area contributed by atoms with Gasteiger partial charge in [-0.15, -0.1) is 10.2 Å². The second-order valence-electron chi connectivity index (χ2n) is 8.29. The predicted octanol–water partition coefficient (Wildman–Crippen LogP) is 6.16. The molecule has 0 aliphatic rings. The minimum absolute atomic E-state index is 0.0691. The van der Waals surface area contributed by atoms with Gasteiger partial charge in [-0.05, 0) is 40.5 Å². The monoisotopic (exact) mass is 505 g/mol. The number of ether oxygens (including phenoxy) is 2. The SMILES string of the molecule is CCc1cc(OCc2ccc(-c3ccccc3-c3nn[nH]n3)cc2)c2cccc(OCC(F)(F)F)c2n1. The zero-order valence-electron chi connectivity index (χ0n) is 19.8. The largest absolute Gasteiger partial charge is 0.488 e. The van der Waals surface area contributed by atoms with Crippen molar-refractivity contribution in [3.05, 3.63) is 84.1 Å². The standard InChI is InChI=1S/C27H22F3N5O2/c1-2-19-14-24(22-8-5-9-23(25(22)31-19)37-16-27(28,29)30)36-15-17-10-12-18(13-11-17)20-6-3-4-7-21(20)26-32-34-35-33-26/h3-14H,2,15-16H2,1H3,(H,32,33,34,35). The fourth-order valence-corrected chi connectivity index (χ4v) is 3.97. The Morgan fingerprint density at radius 2 is 1.65 bits per heavy atom. The molecule has 0 aliphatic heterocycles. The van der Waals surface area contributed by atoms with Crippen LogP contribution in [0.2, 0.25) is 0 Å². The van der Waals surface area contributed by atoms with E-state index in [4.69, 9.17) is 9.47 Å². The van der Waals surface area contributed by atoms with Gasteiger partial charge in [0.2, 0.25) is 5.82 Å². The first-order valence-corrected chi connectivity index (χ1v) is 11.6. The molecule has 0 spiro atoms. The highest BCUT2D eigenvalue weighted by Gasteiger charge is 2.29. The fraction of sp³-hybridized carbons (Fsp3) is 0.185. The van der Waals surface area contributed by atoms with Crippen LogP contribution in [-0.2, 0) is 13.0 Å². The number of benzene rings is 3. The lowest BCUT2D eigenvalue weighted by Gasteiger charge is -2.15. The zero-order chi connectivity index (χ0) is 25.8. The molecule has 3 aromatic carbocycles. The molecule has 188 valence electrons. The maximum Gasteiger partial charge on any atom is 0.422 e. The summed E-state index contributed by atoms with van der Waals surface area (Å²) in [6, 6.07) is 22.4. The number of hydrogen-bond donors (Lipinski definition) is 1. The molecule has 5 aromatic rings. The molecule has 0 radical (unpaired) electrons. The molecular formula is C27H22F3N5O2. The second kappa shape index (κ2) is 10.3. The molecule has 0 atom stereocenters. The van der Waals surface area contributed by atoms with E-state index >= 15 is 0 Å². The number of halogens is 3. The van der Waals surface area contributed by atoms with E-state index in [0.29, 0.717) is 34.6 Å². The summed E-state index contributed by atoms with van der Waals surface area (Å²) in [4.78, 5) is 4.50. The molecule has 1 N–H and O–H groups in total. The summed E-state index contributed by atoms with van der Waals surface area (Å²) in [6.45, 7) is 0.799. The molecule has 0 aliphatic carbocycles. The third-order valence-electron chi connectivity index (χ3n) is 5.74. The number of nitrogens with zero attached hydrogens (tertiary/aromatic N) is 4. The highest BCUT2D eigenvalue weighted by Crippen LogP contribution is 2.34. The van der Waals surface area contributed by atoms with Crippen LogP contribution >= 0.6 is 0 Å². The van der Waals surface area contributed by atoms with Crippen molar-refractivity contribution in [3.8, 4) is 34.0 Å². The van der Waals surface area contributed by atoms with Gasteiger partial charge in [0, 0.05) is 22.7 Å². The average molecular weight is 506 g/mol. The Labute approximate surface area is 210 Å². The number of aryl methyl sites for hydroxylation is 1. The molecule has 0 saturated carbocycles. The van der Waals surface area contributed by atoms with Gasteiger partial charge < -0.3 is 9.47 Å². The third-order valence-corrected chi connectivity index (χ3v) is 5.74. The number of para-hydroxylation sites is 1. The average Bonchev–Trinajstić information content (AvgIpc) is 3.45. The number of hydrogen-bond acceptors (Lipinski definition) is 6. The second-order valence-corrected chi connectivity index (χ2v) is 8.29. The van der Waals surface area contributed by atoms with Crippen molar-refractivity contribution in [2.24, 2.45) is 0 Å². The van der Waals surface area contributed by atoms with E-state index in [-0.39, 0.29) is 12.4 Å². The van der Waals surface area contributed by atoms with Gasteiger partial charge in [-0.25, -0.2) is 4.98 Å². The number of tetrazole rings is 1. The van der Waals surface area contributed by atoms with Crippen LogP contribution in [0.15, 0.2) is 72.8 Å². The van der Waals surface area contributed by atoms with Crippen molar-refractivity contribution in [2.75, 3.05) is 6.61 Å². The van der Waals surface area contributed by atoms with Gasteiger partial charge in [0.05, 0.1) is 0 Å². The molecule has 7 nitrogen and oxygen atoms in total. The molecular weight excluding hydrogens is 483 g/mol. The van der Waals surface area contributed by atoms with Crippen LogP contribution in [0.5, 0.6) is 11.5 Å². The van der Waals surface area contributed by atoms with Crippen molar-refractivity contribution in [1.29, 1.82) is 0 Å². The van der Waals surface area contributed by atoms with E-state index in [1.54, 1.807) is 12.1 Å². The Bertz CT molecular complexity index is 1500. The summed E-state index contributed by atoms with van der Waals surface area (Å²) in [5.74, 6) is 1.11. The van der Waals surface area contributed by atoms with Crippen LogP contribution in [0.4, 0.5) is 13.2 Å². The van der Waals surface area contributed by atoms with Crippen LogP contribution in [0, 0.1) is 0 Å². The molecule has 37 heavy (non-hydrogen) atoms. The Morgan fingerprint density at radius 1 is 0.865 bits per heavy atom. The molecule has 0 fully saturated rings. The van der Waals surface area contributed by atoms with Gasteiger partial charge >= 0.3 is 6.18 Å². The van der Waals surface area contributed by atoms with Crippen LogP contribution in [0.3, 0.4) is 0 Å². The van der Waals surface area contributed by atoms with E-state index in [2.05, 4.69) is 25.6 Å². The number of nitrogens with one attached hydrogen (secondary N) is 1. The number of aromatic amines is 1. The fourth-order valence-electron chi connectivity index (χ4n) is 3.97. The van der Waals surface area contributed by atoms with Crippen LogP contribution in [0.1, 0.15) is 18.2 Å². The zero-order valence-corrected chi connectivity index (χ0v) is 19.8. The van der Waals surface area contributed by atoms with E-state index in [1.165, 1.54) is 6.07 Å². The van der Waals surface area contributed by atoms with Crippen molar-refractivity contribution in [3.63, 3.8) is 0 Å². The van der Waals surface area contributed by atoms with Gasteiger partial charge in [-0.3, -0.25) is 0 Å². The van der Waals surface area contributed by atoms with E-state index in [0.717, 1.165) is 22.3 Å². The van der Waals surface area contributed by atoms with Gasteiger partial charge in [-0.2, -0.15) is 18.4 Å². The van der Waals surface area contributed by atoms with Crippen molar-refractivity contribution in [2.45, 2.75) is 26.1 Å². The Hall–Kier alpha value is -4.47.